The van der Waals surface area contributed by atoms with E-state index in [0.717, 1.165) is 51.4 Å². The molecule has 0 fully saturated rings. The zero-order valence-corrected chi connectivity index (χ0v) is 46.3. The highest BCUT2D eigenvalue weighted by Crippen LogP contribution is 2.17. The topological polar surface area (TPSA) is 95.9 Å². The molecule has 0 aromatic carbocycles. The lowest BCUT2D eigenvalue weighted by molar-refractivity contribution is -0.143. The maximum Gasteiger partial charge on any atom is 0.305 e. The molecule has 0 bridgehead atoms. The van der Waals surface area contributed by atoms with Crippen LogP contribution in [-0.4, -0.2) is 47.4 Å². The van der Waals surface area contributed by atoms with Gasteiger partial charge in [0.2, 0.25) is 5.91 Å². The lowest BCUT2D eigenvalue weighted by Gasteiger charge is -2.22. The standard InChI is InChI=1S/C63H119NO5/c1-3-5-7-9-11-13-15-17-19-29-33-37-41-45-49-53-57-63(68)69-58-54-50-46-42-38-34-30-27-25-23-21-20-22-24-26-28-32-36-40-44-48-52-56-62(67)64-60(59-65)61(66)55-51-47-43-39-35-31-18-16-14-12-10-8-6-4-2/h13,15,19,22,24,29,60-61,65-66H,3-12,14,16-18,20-21,23,25-28,30-59H2,1-2H3,(H,64,67)/b15-13-,24-22-,29-19-. The Morgan fingerprint density at radius 1 is 0.406 bits per heavy atom. The van der Waals surface area contributed by atoms with E-state index in [9.17, 15) is 19.8 Å². The first-order chi connectivity index (χ1) is 34.0. The average Bonchev–Trinajstić information content (AvgIpc) is 3.35. The molecule has 0 aliphatic rings. The van der Waals surface area contributed by atoms with Crippen molar-refractivity contribution in [2.24, 2.45) is 0 Å². The number of hydrogen-bond acceptors (Lipinski definition) is 5. The zero-order valence-electron chi connectivity index (χ0n) is 46.3. The molecule has 0 rings (SSSR count). The molecule has 6 nitrogen and oxygen atoms in total. The maximum atomic E-state index is 12.5. The van der Waals surface area contributed by atoms with Crippen LogP contribution in [-0.2, 0) is 14.3 Å². The van der Waals surface area contributed by atoms with Crippen molar-refractivity contribution in [3.8, 4) is 0 Å². The molecule has 2 atom stereocenters. The second-order valence-electron chi connectivity index (χ2n) is 21.0. The van der Waals surface area contributed by atoms with Gasteiger partial charge in [0.1, 0.15) is 0 Å². The number of aliphatic hydroxyl groups is 2. The first-order valence-corrected chi connectivity index (χ1v) is 30.7. The summed E-state index contributed by atoms with van der Waals surface area (Å²) in [7, 11) is 0. The second-order valence-corrected chi connectivity index (χ2v) is 21.0. The van der Waals surface area contributed by atoms with Crippen LogP contribution in [0.4, 0.5) is 0 Å². The quantitative estimate of drug-likeness (QED) is 0.0321. The van der Waals surface area contributed by atoms with Crippen LogP contribution < -0.4 is 5.32 Å². The van der Waals surface area contributed by atoms with Gasteiger partial charge in [-0.2, -0.15) is 0 Å². The summed E-state index contributed by atoms with van der Waals surface area (Å²) in [5.74, 6) is -0.0448. The third kappa shape index (κ3) is 55.2. The van der Waals surface area contributed by atoms with E-state index >= 15 is 0 Å². The molecule has 3 N–H and O–H groups in total. The first kappa shape index (κ1) is 67.1. The van der Waals surface area contributed by atoms with Gasteiger partial charge in [0.25, 0.3) is 0 Å². The number of ether oxygens (including phenoxy) is 1. The molecule has 0 aromatic heterocycles. The van der Waals surface area contributed by atoms with Gasteiger partial charge < -0.3 is 20.3 Å². The minimum atomic E-state index is -0.669. The number of carbonyl (C=O) groups is 2. The van der Waals surface area contributed by atoms with Crippen LogP contribution >= 0.6 is 0 Å². The van der Waals surface area contributed by atoms with Gasteiger partial charge in [0, 0.05) is 12.8 Å². The van der Waals surface area contributed by atoms with Crippen molar-refractivity contribution < 1.29 is 24.5 Å². The molecule has 0 saturated heterocycles. The van der Waals surface area contributed by atoms with E-state index in [2.05, 4.69) is 55.6 Å². The molecule has 69 heavy (non-hydrogen) atoms. The normalized spacial score (nSPS) is 12.8. The molecule has 0 aliphatic carbocycles. The monoisotopic (exact) mass is 970 g/mol. The Morgan fingerprint density at radius 2 is 0.725 bits per heavy atom. The summed E-state index contributed by atoms with van der Waals surface area (Å²) in [6.45, 7) is 4.93. The molecule has 6 heteroatoms. The smallest absolute Gasteiger partial charge is 0.305 e. The predicted molar refractivity (Wildman–Crippen MR) is 301 cm³/mol. The van der Waals surface area contributed by atoms with Gasteiger partial charge in [0.15, 0.2) is 0 Å². The van der Waals surface area contributed by atoms with E-state index in [1.165, 1.54) is 244 Å². The number of nitrogens with one attached hydrogen (secondary N) is 1. The summed E-state index contributed by atoms with van der Waals surface area (Å²) in [5.41, 5.74) is 0. The fourth-order valence-corrected chi connectivity index (χ4v) is 9.43. The Hall–Kier alpha value is -1.92. The predicted octanol–water partition coefficient (Wildman–Crippen LogP) is 19.2. The van der Waals surface area contributed by atoms with Crippen molar-refractivity contribution in [1.82, 2.24) is 5.32 Å². The van der Waals surface area contributed by atoms with Crippen molar-refractivity contribution in [3.05, 3.63) is 36.5 Å². The lowest BCUT2D eigenvalue weighted by atomic mass is 10.0. The molecular formula is C63H119NO5. The SMILES string of the molecule is CCCCCC/C=C\C/C=C\CCCCCCCC(=O)OCCCCCCCCCCCCC/C=C\CCCCCCCCCC(=O)NC(CO)C(O)CCCCCCCCCCCCCCCC. The van der Waals surface area contributed by atoms with Crippen molar-refractivity contribution >= 4 is 11.9 Å². The number of aliphatic hydroxyl groups excluding tert-OH is 2. The summed E-state index contributed by atoms with van der Waals surface area (Å²) in [4.78, 5) is 24.5. The molecule has 2 unspecified atom stereocenters. The van der Waals surface area contributed by atoms with Crippen LogP contribution in [0.5, 0.6) is 0 Å². The number of esters is 1. The van der Waals surface area contributed by atoms with Gasteiger partial charge in [-0.1, -0.05) is 269 Å². The van der Waals surface area contributed by atoms with E-state index < -0.39 is 12.1 Å². The molecular weight excluding hydrogens is 851 g/mol. The summed E-state index contributed by atoms with van der Waals surface area (Å²) < 4.78 is 5.48. The number of unbranched alkanes of at least 4 members (excludes halogenated alkanes) is 40. The Labute approximate surface area is 430 Å². The van der Waals surface area contributed by atoms with E-state index in [1.807, 2.05) is 0 Å². The second kappa shape index (κ2) is 58.6. The van der Waals surface area contributed by atoms with Crippen LogP contribution in [0.3, 0.4) is 0 Å². The van der Waals surface area contributed by atoms with Crippen LogP contribution in [0.15, 0.2) is 36.5 Å². The van der Waals surface area contributed by atoms with Crippen LogP contribution in [0.1, 0.15) is 328 Å². The van der Waals surface area contributed by atoms with Crippen molar-refractivity contribution in [2.45, 2.75) is 341 Å². The van der Waals surface area contributed by atoms with E-state index in [4.69, 9.17) is 4.74 Å². The largest absolute Gasteiger partial charge is 0.466 e. The minimum absolute atomic E-state index is 0.00348. The van der Waals surface area contributed by atoms with Crippen molar-refractivity contribution in [3.63, 3.8) is 0 Å². The van der Waals surface area contributed by atoms with Crippen LogP contribution in [0.25, 0.3) is 0 Å². The molecule has 0 spiro atoms. The number of carbonyl (C=O) groups excluding carboxylic acids is 2. The Morgan fingerprint density at radius 3 is 1.13 bits per heavy atom. The van der Waals surface area contributed by atoms with Gasteiger partial charge >= 0.3 is 5.97 Å². The third-order valence-corrected chi connectivity index (χ3v) is 14.2. The highest BCUT2D eigenvalue weighted by Gasteiger charge is 2.20. The van der Waals surface area contributed by atoms with Crippen LogP contribution in [0, 0.1) is 0 Å². The highest BCUT2D eigenvalue weighted by molar-refractivity contribution is 5.76. The van der Waals surface area contributed by atoms with Gasteiger partial charge in [-0.25, -0.2) is 0 Å². The zero-order chi connectivity index (χ0) is 50.0. The first-order valence-electron chi connectivity index (χ1n) is 30.7. The van der Waals surface area contributed by atoms with Gasteiger partial charge in [-0.05, 0) is 83.5 Å². The Balaban J connectivity index is 3.42. The lowest BCUT2D eigenvalue weighted by Crippen LogP contribution is -2.45. The summed E-state index contributed by atoms with van der Waals surface area (Å²) in [5, 5.41) is 23.3. The molecule has 1 amide bonds. The molecule has 0 aliphatic heterocycles. The van der Waals surface area contributed by atoms with Gasteiger partial charge in [-0.15, -0.1) is 0 Å². The fourth-order valence-electron chi connectivity index (χ4n) is 9.43. The highest BCUT2D eigenvalue weighted by atomic mass is 16.5. The summed E-state index contributed by atoms with van der Waals surface area (Å²) in [6, 6.07) is -0.546. The number of amides is 1. The molecule has 0 heterocycles. The summed E-state index contributed by atoms with van der Waals surface area (Å²) >= 11 is 0. The van der Waals surface area contributed by atoms with E-state index in [-0.39, 0.29) is 18.5 Å². The minimum Gasteiger partial charge on any atom is -0.466 e. The Kier molecular flexibility index (Phi) is 57.0. The van der Waals surface area contributed by atoms with Gasteiger partial charge in [-0.3, -0.25) is 9.59 Å². The maximum absolute atomic E-state index is 12.5. The van der Waals surface area contributed by atoms with E-state index in [1.54, 1.807) is 0 Å². The molecule has 406 valence electrons. The number of hydrogen-bond donors (Lipinski definition) is 3. The number of allylic oxidation sites excluding steroid dienone is 6. The number of rotatable bonds is 57. The van der Waals surface area contributed by atoms with Crippen molar-refractivity contribution in [2.75, 3.05) is 13.2 Å². The third-order valence-electron chi connectivity index (χ3n) is 14.2. The Bertz CT molecular complexity index is 1120. The van der Waals surface area contributed by atoms with Gasteiger partial charge in [0.05, 0.1) is 25.4 Å². The average molecular weight is 971 g/mol. The molecule has 0 aromatic rings. The van der Waals surface area contributed by atoms with Crippen LogP contribution in [0.2, 0.25) is 0 Å². The van der Waals surface area contributed by atoms with E-state index in [0.29, 0.717) is 25.9 Å². The fraction of sp³-hybridized carbons (Fsp3) is 0.873. The van der Waals surface area contributed by atoms with Crippen molar-refractivity contribution in [1.29, 1.82) is 0 Å². The summed E-state index contributed by atoms with van der Waals surface area (Å²) in [6.07, 6.45) is 72.9. The molecule has 0 radical (unpaired) electrons. The molecule has 0 saturated carbocycles.